The molecule has 1 atom stereocenters. The summed E-state index contributed by atoms with van der Waals surface area (Å²) >= 11 is 2.17. The maximum atomic E-state index is 12.4. The molecule has 3 nitrogen and oxygen atoms in total. The first kappa shape index (κ1) is 23.3. The van der Waals surface area contributed by atoms with Crippen molar-refractivity contribution >= 4 is 45.2 Å². The first-order valence-corrected chi connectivity index (χ1v) is 15.3. The van der Waals surface area contributed by atoms with Gasteiger partial charge in [-0.3, -0.25) is 4.79 Å². The van der Waals surface area contributed by atoms with E-state index in [0.29, 0.717) is 6.42 Å². The van der Waals surface area contributed by atoms with Crippen LogP contribution in [0.25, 0.3) is 0 Å². The molecule has 0 saturated heterocycles. The fourth-order valence-electron chi connectivity index (χ4n) is 1.43. The lowest BCUT2D eigenvalue weighted by atomic mass is 10.2. The lowest BCUT2D eigenvalue weighted by Gasteiger charge is -2.39. The predicted molar refractivity (Wildman–Crippen MR) is 113 cm³/mol. The third-order valence-corrected chi connectivity index (χ3v) is 14.4. The van der Waals surface area contributed by atoms with Crippen LogP contribution in [0.5, 0.6) is 0 Å². The van der Waals surface area contributed by atoms with E-state index in [1.165, 1.54) is 0 Å². The lowest BCUT2D eigenvalue weighted by molar-refractivity contribution is -0.136. The highest BCUT2D eigenvalue weighted by molar-refractivity contribution is 14.1. The summed E-state index contributed by atoms with van der Waals surface area (Å²) in [5.41, 5.74) is 0. The number of carbonyl (C=O) groups is 1. The molecule has 0 aliphatic rings. The summed E-state index contributed by atoms with van der Waals surface area (Å²) in [5.74, 6) is -0.144. The van der Waals surface area contributed by atoms with Gasteiger partial charge in [-0.1, -0.05) is 70.2 Å². The van der Waals surface area contributed by atoms with Crippen LogP contribution in [0.15, 0.2) is 10.2 Å². The summed E-state index contributed by atoms with van der Waals surface area (Å²) in [7, 11) is -3.99. The topological polar surface area (TPSA) is 35.5 Å². The van der Waals surface area contributed by atoms with Gasteiger partial charge >= 0.3 is 0 Å². The number of halogens is 1. The van der Waals surface area contributed by atoms with Crippen LogP contribution in [0.1, 0.15) is 48.0 Å². The van der Waals surface area contributed by atoms with Crippen molar-refractivity contribution in [3.63, 3.8) is 0 Å². The van der Waals surface area contributed by atoms with Gasteiger partial charge in [0, 0.05) is 0 Å². The molecule has 0 spiro atoms. The molecule has 0 N–H and O–H groups in total. The summed E-state index contributed by atoms with van der Waals surface area (Å²) in [5, 5.41) is 0.144. The smallest absolute Gasteiger partial charge is 0.295 e. The molecule has 0 bridgehead atoms. The molecule has 0 aliphatic carbocycles. The van der Waals surface area contributed by atoms with E-state index >= 15 is 0 Å². The molecule has 0 amide bonds. The Labute approximate surface area is 159 Å². The first-order valence-electron chi connectivity index (χ1n) is 8.20. The molecule has 0 rings (SSSR count). The summed E-state index contributed by atoms with van der Waals surface area (Å²) in [4.78, 5) is 12.4. The standard InChI is InChI=1S/C17H35IO3Si2/c1-16(2,3)22(7,8)20-14(11-12-18)13-15(19)21-23(9,10)17(4,5)6/h11-12,14H,13H2,1-10H3/b12-11-/t14-/m1/s1. The zero-order valence-corrected chi connectivity index (χ0v) is 20.7. The van der Waals surface area contributed by atoms with Crippen LogP contribution in [-0.4, -0.2) is 28.7 Å². The van der Waals surface area contributed by atoms with Crippen LogP contribution in [0.4, 0.5) is 0 Å². The molecule has 0 saturated carbocycles. The minimum atomic E-state index is -2.07. The van der Waals surface area contributed by atoms with Gasteiger partial charge in [-0.25, -0.2) is 0 Å². The fourth-order valence-corrected chi connectivity index (χ4v) is 4.12. The summed E-state index contributed by atoms with van der Waals surface area (Å²) < 4.78 is 14.2. The third kappa shape index (κ3) is 7.40. The molecule has 0 heterocycles. The quantitative estimate of drug-likeness (QED) is 0.339. The van der Waals surface area contributed by atoms with E-state index in [1.54, 1.807) is 0 Å². The van der Waals surface area contributed by atoms with Crippen LogP contribution in [-0.2, 0) is 13.6 Å². The second-order valence-electron chi connectivity index (χ2n) is 9.17. The van der Waals surface area contributed by atoms with Crippen molar-refractivity contribution in [2.45, 2.75) is 90.3 Å². The monoisotopic (exact) mass is 470 g/mol. The molecule has 0 aliphatic heterocycles. The van der Waals surface area contributed by atoms with Gasteiger partial charge in [-0.05, 0) is 40.3 Å². The third-order valence-electron chi connectivity index (χ3n) is 5.08. The van der Waals surface area contributed by atoms with E-state index in [0.717, 1.165) is 0 Å². The average molecular weight is 471 g/mol. The van der Waals surface area contributed by atoms with Gasteiger partial charge in [-0.2, -0.15) is 0 Å². The van der Waals surface area contributed by atoms with E-state index in [-0.39, 0.29) is 22.1 Å². The summed E-state index contributed by atoms with van der Waals surface area (Å²) in [6.45, 7) is 21.7. The highest BCUT2D eigenvalue weighted by atomic mass is 127. The Morgan fingerprint density at radius 2 is 1.43 bits per heavy atom. The van der Waals surface area contributed by atoms with E-state index < -0.39 is 16.6 Å². The Morgan fingerprint density at radius 3 is 1.78 bits per heavy atom. The number of hydrogen-bond donors (Lipinski definition) is 0. The summed E-state index contributed by atoms with van der Waals surface area (Å²) in [6, 6.07) is 0. The van der Waals surface area contributed by atoms with Crippen LogP contribution in [0.3, 0.4) is 0 Å². The highest BCUT2D eigenvalue weighted by Crippen LogP contribution is 2.39. The average Bonchev–Trinajstić information content (AvgIpc) is 2.23. The van der Waals surface area contributed by atoms with Crippen LogP contribution < -0.4 is 0 Å². The van der Waals surface area contributed by atoms with Gasteiger partial charge in [0.25, 0.3) is 14.3 Å². The van der Waals surface area contributed by atoms with Crippen LogP contribution >= 0.6 is 22.6 Å². The van der Waals surface area contributed by atoms with E-state index in [9.17, 15) is 4.79 Å². The number of hydrogen-bond acceptors (Lipinski definition) is 3. The van der Waals surface area contributed by atoms with Crippen molar-refractivity contribution in [1.29, 1.82) is 0 Å². The molecule has 0 unspecified atom stereocenters. The molecule has 0 aromatic heterocycles. The van der Waals surface area contributed by atoms with E-state index in [2.05, 4.69) is 90.3 Å². The largest absolute Gasteiger partial charge is 0.519 e. The second-order valence-corrected chi connectivity index (χ2v) is 19.4. The Hall–Kier alpha value is 0.334. The van der Waals surface area contributed by atoms with Gasteiger partial charge < -0.3 is 8.85 Å². The molecule has 136 valence electrons. The van der Waals surface area contributed by atoms with Crippen molar-refractivity contribution in [3.8, 4) is 0 Å². The molecule has 6 heteroatoms. The lowest BCUT2D eigenvalue weighted by Crippen LogP contribution is -2.45. The van der Waals surface area contributed by atoms with Crippen molar-refractivity contribution in [3.05, 3.63) is 10.2 Å². The van der Waals surface area contributed by atoms with Crippen LogP contribution in [0, 0.1) is 0 Å². The van der Waals surface area contributed by atoms with Gasteiger partial charge in [0.1, 0.15) is 0 Å². The highest BCUT2D eigenvalue weighted by Gasteiger charge is 2.42. The first-order chi connectivity index (χ1) is 10.0. The zero-order valence-electron chi connectivity index (χ0n) is 16.5. The van der Waals surface area contributed by atoms with E-state index in [4.69, 9.17) is 8.85 Å². The van der Waals surface area contributed by atoms with Crippen molar-refractivity contribution in [2.24, 2.45) is 0 Å². The number of rotatable bonds is 6. The molecule has 23 heavy (non-hydrogen) atoms. The summed E-state index contributed by atoms with van der Waals surface area (Å²) in [6.07, 6.45) is 2.05. The van der Waals surface area contributed by atoms with Gasteiger partial charge in [0.2, 0.25) is 0 Å². The fraction of sp³-hybridized carbons (Fsp3) is 0.824. The Morgan fingerprint density at radius 1 is 1.00 bits per heavy atom. The van der Waals surface area contributed by atoms with Crippen molar-refractivity contribution < 1.29 is 13.6 Å². The maximum Gasteiger partial charge on any atom is 0.295 e. The molecule has 0 aromatic rings. The zero-order chi connectivity index (χ0) is 18.7. The minimum absolute atomic E-state index is 0.0253. The van der Waals surface area contributed by atoms with E-state index in [1.807, 2.05) is 10.2 Å². The molecular formula is C17H35IO3Si2. The van der Waals surface area contributed by atoms with Crippen molar-refractivity contribution in [2.75, 3.05) is 0 Å². The number of carbonyl (C=O) groups excluding carboxylic acids is 1. The SMILES string of the molecule is CC(C)(C)[Si](C)(C)OC(=O)C[C@@H](/C=C\I)O[Si](C)(C)C(C)(C)C. The van der Waals surface area contributed by atoms with Gasteiger partial charge in [0.15, 0.2) is 8.32 Å². The molecule has 0 radical (unpaired) electrons. The molecule has 0 aromatic carbocycles. The van der Waals surface area contributed by atoms with Crippen LogP contribution in [0.2, 0.25) is 36.3 Å². The predicted octanol–water partition coefficient (Wildman–Crippen LogP) is 6.26. The maximum absolute atomic E-state index is 12.4. The van der Waals surface area contributed by atoms with Gasteiger partial charge in [-0.15, -0.1) is 0 Å². The molecular weight excluding hydrogens is 435 g/mol. The Balaban J connectivity index is 5.01. The minimum Gasteiger partial charge on any atom is -0.519 e. The normalized spacial score (nSPS) is 15.8. The van der Waals surface area contributed by atoms with Gasteiger partial charge in [0.05, 0.1) is 12.5 Å². The Kier molecular flexibility index (Phi) is 8.26. The van der Waals surface area contributed by atoms with Crippen molar-refractivity contribution in [1.82, 2.24) is 0 Å². The Bertz CT molecular complexity index is 432. The second kappa shape index (κ2) is 8.14. The molecule has 0 fully saturated rings.